The molecule has 0 aliphatic carbocycles. The quantitative estimate of drug-likeness (QED) is 0.741. The van der Waals surface area contributed by atoms with Gasteiger partial charge in [-0.05, 0) is 24.6 Å². The first kappa shape index (κ1) is 19.3. The van der Waals surface area contributed by atoms with Gasteiger partial charge in [0.2, 0.25) is 5.78 Å². The van der Waals surface area contributed by atoms with Gasteiger partial charge in [0, 0.05) is 44.4 Å². The number of aliphatic imine (C=N–C) groups is 1. The first-order valence-corrected chi connectivity index (χ1v) is 10.4. The zero-order valence-corrected chi connectivity index (χ0v) is 17.4. The molecule has 6 nitrogen and oxygen atoms in total. The van der Waals surface area contributed by atoms with Crippen LogP contribution in [0.25, 0.3) is 0 Å². The monoisotopic (exact) mass is 423 g/mol. The first-order valence-electron chi connectivity index (χ1n) is 10.1. The fourth-order valence-corrected chi connectivity index (χ4v) is 4.38. The summed E-state index contributed by atoms with van der Waals surface area (Å²) in [5.74, 6) is 0.343. The van der Waals surface area contributed by atoms with Gasteiger partial charge in [0.05, 0.1) is 28.4 Å². The molecule has 0 atom stereocenters. The van der Waals surface area contributed by atoms with Crippen LogP contribution in [0.2, 0.25) is 5.02 Å². The second-order valence-corrected chi connectivity index (χ2v) is 8.30. The molecule has 0 aromatic heterocycles. The Hall–Kier alpha value is -2.67. The van der Waals surface area contributed by atoms with Crippen LogP contribution in [-0.2, 0) is 13.1 Å². The van der Waals surface area contributed by atoms with Crippen LogP contribution < -0.4 is 10.1 Å². The number of ether oxygens (including phenoxy) is 1. The normalized spacial score (nSPS) is 19.6. The standard InChI is InChI=1S/C23H22ClN3O3/c1-13-2-3-14-11-26-19(15(14)8-13)10-20-22(29)16-9-18(24)21(28)17(23(16)30-20)12-27-6-4-25-5-7-27/h2-3,8-10,25,28H,4-7,11-12H2,1H3/b20-10-. The molecule has 2 N–H and O–H groups in total. The Morgan fingerprint density at radius 2 is 2.07 bits per heavy atom. The molecule has 0 amide bonds. The van der Waals surface area contributed by atoms with Gasteiger partial charge in [0.25, 0.3) is 0 Å². The lowest BCUT2D eigenvalue weighted by Gasteiger charge is -2.28. The van der Waals surface area contributed by atoms with Gasteiger partial charge < -0.3 is 15.2 Å². The van der Waals surface area contributed by atoms with Gasteiger partial charge in [0.1, 0.15) is 11.5 Å². The number of aromatic hydroxyl groups is 1. The number of phenols is 1. The molecule has 2 aromatic carbocycles. The molecule has 30 heavy (non-hydrogen) atoms. The van der Waals surface area contributed by atoms with E-state index < -0.39 is 0 Å². The first-order chi connectivity index (χ1) is 14.5. The second-order valence-electron chi connectivity index (χ2n) is 7.89. The lowest BCUT2D eigenvalue weighted by molar-refractivity contribution is 0.101. The summed E-state index contributed by atoms with van der Waals surface area (Å²) in [4.78, 5) is 19.8. The maximum absolute atomic E-state index is 13.1. The number of carbonyl (C=O) groups is 1. The third-order valence-electron chi connectivity index (χ3n) is 5.80. The van der Waals surface area contributed by atoms with Crippen LogP contribution in [0.5, 0.6) is 11.5 Å². The average Bonchev–Trinajstić information content (AvgIpc) is 3.28. The van der Waals surface area contributed by atoms with Gasteiger partial charge in [-0.1, -0.05) is 29.3 Å². The predicted octanol–water partition coefficient (Wildman–Crippen LogP) is 3.22. The van der Waals surface area contributed by atoms with Crippen molar-refractivity contribution < 1.29 is 14.6 Å². The summed E-state index contributed by atoms with van der Waals surface area (Å²) in [7, 11) is 0. The summed E-state index contributed by atoms with van der Waals surface area (Å²) in [6.07, 6.45) is 1.70. The third-order valence-corrected chi connectivity index (χ3v) is 6.09. The zero-order valence-electron chi connectivity index (χ0n) is 16.7. The molecule has 154 valence electrons. The molecule has 0 spiro atoms. The third kappa shape index (κ3) is 3.31. The van der Waals surface area contributed by atoms with Gasteiger partial charge in [-0.25, -0.2) is 0 Å². The Balaban J connectivity index is 1.50. The van der Waals surface area contributed by atoms with E-state index in [-0.39, 0.29) is 22.3 Å². The van der Waals surface area contributed by atoms with Crippen LogP contribution >= 0.6 is 11.6 Å². The number of fused-ring (bicyclic) bond motifs is 2. The summed E-state index contributed by atoms with van der Waals surface area (Å²) >= 11 is 6.25. The van der Waals surface area contributed by atoms with Gasteiger partial charge in [-0.2, -0.15) is 0 Å². The van der Waals surface area contributed by atoms with Crippen LogP contribution in [-0.4, -0.2) is 47.7 Å². The van der Waals surface area contributed by atoms with Crippen molar-refractivity contribution in [1.82, 2.24) is 10.2 Å². The topological polar surface area (TPSA) is 74.2 Å². The number of halogens is 1. The Bertz CT molecular complexity index is 1120. The number of phenolic OH excluding ortho intramolecular Hbond substituents is 1. The molecular weight excluding hydrogens is 402 g/mol. The van der Waals surface area contributed by atoms with Crippen LogP contribution in [0.1, 0.15) is 32.6 Å². The number of aryl methyl sites for hydroxylation is 1. The number of Topliss-reactive ketones (excluding diaryl/α,β-unsaturated/α-hetero) is 1. The second kappa shape index (κ2) is 7.54. The summed E-state index contributed by atoms with van der Waals surface area (Å²) in [6.45, 7) is 6.56. The molecule has 0 radical (unpaired) electrons. The van der Waals surface area contributed by atoms with E-state index in [1.165, 1.54) is 6.07 Å². The van der Waals surface area contributed by atoms with E-state index >= 15 is 0 Å². The number of rotatable bonds is 3. The van der Waals surface area contributed by atoms with Crippen LogP contribution in [0.4, 0.5) is 0 Å². The van der Waals surface area contributed by atoms with Crippen molar-refractivity contribution in [1.29, 1.82) is 0 Å². The van der Waals surface area contributed by atoms with Gasteiger partial charge in [-0.3, -0.25) is 14.7 Å². The Kier molecular flexibility index (Phi) is 4.85. The summed E-state index contributed by atoms with van der Waals surface area (Å²) in [5, 5.41) is 14.1. The highest BCUT2D eigenvalue weighted by molar-refractivity contribution is 6.33. The predicted molar refractivity (Wildman–Crippen MR) is 116 cm³/mol. The van der Waals surface area contributed by atoms with E-state index in [2.05, 4.69) is 33.4 Å². The minimum absolute atomic E-state index is 0.0258. The van der Waals surface area contributed by atoms with E-state index in [0.717, 1.165) is 48.6 Å². The molecule has 5 rings (SSSR count). The molecule has 0 bridgehead atoms. The number of benzene rings is 2. The number of piperazine rings is 1. The van der Waals surface area contributed by atoms with Crippen LogP contribution in [0.15, 0.2) is 41.1 Å². The minimum atomic E-state index is -0.239. The van der Waals surface area contributed by atoms with Gasteiger partial charge >= 0.3 is 0 Å². The highest BCUT2D eigenvalue weighted by Gasteiger charge is 2.34. The van der Waals surface area contributed by atoms with Gasteiger partial charge in [-0.15, -0.1) is 0 Å². The van der Waals surface area contributed by atoms with E-state index in [1.807, 2.05) is 6.92 Å². The lowest BCUT2D eigenvalue weighted by Crippen LogP contribution is -2.42. The largest absolute Gasteiger partial charge is 0.506 e. The Labute approximate surface area is 179 Å². The van der Waals surface area contributed by atoms with Crippen LogP contribution in [0.3, 0.4) is 0 Å². The summed E-state index contributed by atoms with van der Waals surface area (Å²) < 4.78 is 6.00. The Morgan fingerprint density at radius 1 is 1.27 bits per heavy atom. The number of allylic oxidation sites excluding steroid dienone is 2. The molecule has 1 fully saturated rings. The van der Waals surface area contributed by atoms with Crippen molar-refractivity contribution in [3.63, 3.8) is 0 Å². The van der Waals surface area contributed by atoms with E-state index in [9.17, 15) is 9.90 Å². The van der Waals surface area contributed by atoms with Crippen molar-refractivity contribution >= 4 is 23.1 Å². The molecule has 0 unspecified atom stereocenters. The van der Waals surface area contributed by atoms with E-state index in [1.54, 1.807) is 6.08 Å². The molecule has 7 heteroatoms. The minimum Gasteiger partial charge on any atom is -0.506 e. The van der Waals surface area contributed by atoms with Crippen molar-refractivity contribution in [3.8, 4) is 11.5 Å². The van der Waals surface area contributed by atoms with E-state index in [0.29, 0.717) is 30.0 Å². The van der Waals surface area contributed by atoms with Crippen molar-refractivity contribution in [3.05, 3.63) is 68.9 Å². The molecule has 0 saturated carbocycles. The molecule has 3 aliphatic rings. The summed E-state index contributed by atoms with van der Waals surface area (Å²) in [6, 6.07) is 7.69. The number of hydrogen-bond donors (Lipinski definition) is 2. The zero-order chi connectivity index (χ0) is 20.8. The number of carbonyl (C=O) groups excluding carboxylic acids is 1. The molecule has 2 aromatic rings. The summed E-state index contributed by atoms with van der Waals surface area (Å²) in [5.41, 5.74) is 4.98. The highest BCUT2D eigenvalue weighted by atomic mass is 35.5. The van der Waals surface area contributed by atoms with Gasteiger partial charge in [0.15, 0.2) is 5.76 Å². The highest BCUT2D eigenvalue weighted by Crippen LogP contribution is 2.44. The maximum Gasteiger partial charge on any atom is 0.232 e. The lowest BCUT2D eigenvalue weighted by atomic mass is 10.0. The maximum atomic E-state index is 13.1. The van der Waals surface area contributed by atoms with Crippen molar-refractivity contribution in [2.24, 2.45) is 4.99 Å². The molecular formula is C23H22ClN3O3. The van der Waals surface area contributed by atoms with E-state index in [4.69, 9.17) is 16.3 Å². The number of nitrogens with one attached hydrogen (secondary N) is 1. The number of ketones is 1. The number of nitrogens with zero attached hydrogens (tertiary/aromatic N) is 2. The molecule has 3 heterocycles. The fraction of sp³-hybridized carbons (Fsp3) is 0.304. The molecule has 3 aliphatic heterocycles. The Morgan fingerprint density at radius 3 is 2.87 bits per heavy atom. The van der Waals surface area contributed by atoms with Crippen molar-refractivity contribution in [2.75, 3.05) is 26.2 Å². The smallest absolute Gasteiger partial charge is 0.232 e. The SMILES string of the molecule is Cc1ccc2c(c1)C(/C=C1\Oc3c(cc(Cl)c(O)c3CN3CCNCC3)C1=O)=NC2. The fourth-order valence-electron chi connectivity index (χ4n) is 4.15. The van der Waals surface area contributed by atoms with Crippen LogP contribution in [0, 0.1) is 6.92 Å². The molecule has 1 saturated heterocycles. The number of hydrogen-bond acceptors (Lipinski definition) is 6. The van der Waals surface area contributed by atoms with Crippen molar-refractivity contribution in [2.45, 2.75) is 20.0 Å². The average molecular weight is 424 g/mol.